The number of fused-ring (bicyclic) bond motifs is 1. The number of methoxy groups -OCH3 is 2. The Labute approximate surface area is 225 Å². The maximum absolute atomic E-state index is 12.6. The number of amides is 2. The lowest BCUT2D eigenvalue weighted by Gasteiger charge is -2.42. The molecule has 0 unspecified atom stereocenters. The van der Waals surface area contributed by atoms with Crippen molar-refractivity contribution in [3.8, 4) is 11.5 Å². The average molecular weight is 521 g/mol. The van der Waals surface area contributed by atoms with Crippen molar-refractivity contribution >= 4 is 23.1 Å². The van der Waals surface area contributed by atoms with Gasteiger partial charge < -0.3 is 29.5 Å². The van der Waals surface area contributed by atoms with Gasteiger partial charge in [-0.2, -0.15) is 5.10 Å². The molecule has 2 aliphatic heterocycles. The highest BCUT2D eigenvalue weighted by molar-refractivity contribution is 5.92. The minimum absolute atomic E-state index is 0.0428. The predicted octanol–water partition coefficient (Wildman–Crippen LogP) is 3.76. The van der Waals surface area contributed by atoms with Gasteiger partial charge in [0.05, 0.1) is 14.2 Å². The topological polar surface area (TPSA) is 81.7 Å². The van der Waals surface area contributed by atoms with Crippen LogP contribution in [0.2, 0.25) is 0 Å². The molecule has 2 aromatic rings. The highest BCUT2D eigenvalue weighted by Crippen LogP contribution is 2.49. The number of likely N-dealkylation sites (N-methyl/N-ethyl adjacent to an activating group) is 2. The number of nitrogens with one attached hydrogen (secondary N) is 2. The SMILES string of the molecule is COc1ccc([C@@]23CC/C(=N\NC(=O)Nc4ccc(N5CCN(C)CC5)cc4)C[C@@H]2N(C)CC3)cc1OC. The molecule has 9 nitrogen and oxygen atoms in total. The van der Waals surface area contributed by atoms with E-state index < -0.39 is 0 Å². The van der Waals surface area contributed by atoms with Gasteiger partial charge in [-0.05, 0) is 81.9 Å². The highest BCUT2D eigenvalue weighted by atomic mass is 16.5. The fourth-order valence-corrected chi connectivity index (χ4v) is 6.29. The van der Waals surface area contributed by atoms with Gasteiger partial charge in [0.15, 0.2) is 11.5 Å². The summed E-state index contributed by atoms with van der Waals surface area (Å²) in [4.78, 5) is 19.7. The average Bonchev–Trinajstić information content (AvgIpc) is 3.29. The summed E-state index contributed by atoms with van der Waals surface area (Å²) in [6, 6.07) is 14.4. The molecule has 2 atom stereocenters. The third-order valence-electron chi connectivity index (χ3n) is 8.64. The van der Waals surface area contributed by atoms with Crippen molar-refractivity contribution in [3.63, 3.8) is 0 Å². The second-order valence-electron chi connectivity index (χ2n) is 10.8. The van der Waals surface area contributed by atoms with E-state index in [1.165, 1.54) is 11.3 Å². The largest absolute Gasteiger partial charge is 0.493 e. The first-order chi connectivity index (χ1) is 18.4. The van der Waals surface area contributed by atoms with Crippen LogP contribution >= 0.6 is 0 Å². The van der Waals surface area contributed by atoms with E-state index in [0.717, 1.165) is 81.3 Å². The number of anilines is 2. The van der Waals surface area contributed by atoms with Crippen LogP contribution in [0.25, 0.3) is 0 Å². The lowest BCUT2D eigenvalue weighted by atomic mass is 9.65. The molecular weight excluding hydrogens is 480 g/mol. The summed E-state index contributed by atoms with van der Waals surface area (Å²) in [5.74, 6) is 1.51. The molecule has 9 heteroatoms. The number of benzene rings is 2. The molecule has 2 amide bonds. The van der Waals surface area contributed by atoms with Crippen molar-refractivity contribution < 1.29 is 14.3 Å². The first-order valence-corrected chi connectivity index (χ1v) is 13.5. The smallest absolute Gasteiger partial charge is 0.339 e. The number of hydrogen-bond acceptors (Lipinski definition) is 7. The molecule has 0 radical (unpaired) electrons. The van der Waals surface area contributed by atoms with Crippen molar-refractivity contribution in [2.45, 2.75) is 37.1 Å². The molecule has 0 spiro atoms. The van der Waals surface area contributed by atoms with Crippen LogP contribution in [0.5, 0.6) is 11.5 Å². The minimum Gasteiger partial charge on any atom is -0.493 e. The number of carbonyl (C=O) groups excluding carboxylic acids is 1. The standard InChI is InChI=1S/C29H40N6O3/c1-33-15-17-35(18-16-33)24-8-6-22(7-9-24)30-28(36)32-31-23-11-12-29(13-14-34(2)27(29)20-23)21-5-10-25(37-3)26(19-21)38-4/h5-10,19,27H,11-18,20H2,1-4H3,(H2,30,32,36)/b31-23+/t27-,29-/m0/s1. The zero-order chi connectivity index (χ0) is 26.7. The number of piperazine rings is 1. The fourth-order valence-electron chi connectivity index (χ4n) is 6.29. The van der Waals surface area contributed by atoms with Crippen molar-refractivity contribution in [2.75, 3.05) is 71.3 Å². The van der Waals surface area contributed by atoms with E-state index in [-0.39, 0.29) is 11.4 Å². The van der Waals surface area contributed by atoms with E-state index in [0.29, 0.717) is 6.04 Å². The Morgan fingerprint density at radius 2 is 1.68 bits per heavy atom. The Kier molecular flexibility index (Phi) is 7.76. The van der Waals surface area contributed by atoms with E-state index in [2.05, 4.69) is 68.9 Å². The van der Waals surface area contributed by atoms with Crippen molar-refractivity contribution in [2.24, 2.45) is 5.10 Å². The summed E-state index contributed by atoms with van der Waals surface area (Å²) < 4.78 is 11.1. The van der Waals surface area contributed by atoms with Crippen LogP contribution in [0.3, 0.4) is 0 Å². The van der Waals surface area contributed by atoms with Crippen LogP contribution in [-0.2, 0) is 5.41 Å². The van der Waals surface area contributed by atoms with Crippen LogP contribution in [0.15, 0.2) is 47.6 Å². The fraction of sp³-hybridized carbons (Fsp3) is 0.517. The first-order valence-electron chi connectivity index (χ1n) is 13.5. The van der Waals surface area contributed by atoms with Crippen molar-refractivity contribution in [1.29, 1.82) is 0 Å². The molecule has 1 saturated carbocycles. The monoisotopic (exact) mass is 520 g/mol. The van der Waals surface area contributed by atoms with Crippen LogP contribution < -0.4 is 25.1 Å². The Morgan fingerprint density at radius 1 is 0.947 bits per heavy atom. The van der Waals surface area contributed by atoms with Crippen LogP contribution in [-0.4, -0.2) is 88.6 Å². The highest BCUT2D eigenvalue weighted by Gasteiger charge is 2.50. The molecule has 3 fully saturated rings. The molecule has 38 heavy (non-hydrogen) atoms. The summed E-state index contributed by atoms with van der Waals surface area (Å²) in [6.45, 7) is 5.20. The second kappa shape index (κ2) is 11.2. The third kappa shape index (κ3) is 5.31. The van der Waals surface area contributed by atoms with Gasteiger partial charge >= 0.3 is 6.03 Å². The molecule has 2 aromatic carbocycles. The normalized spacial score (nSPS) is 25.2. The third-order valence-corrected chi connectivity index (χ3v) is 8.64. The van der Waals surface area contributed by atoms with E-state index in [1.54, 1.807) is 14.2 Å². The van der Waals surface area contributed by atoms with Crippen LogP contribution in [0.4, 0.5) is 16.2 Å². The lowest BCUT2D eigenvalue weighted by Crippen LogP contribution is -2.46. The Hall–Kier alpha value is -3.30. The number of urea groups is 1. The molecule has 0 aromatic heterocycles. The van der Waals surface area contributed by atoms with E-state index in [9.17, 15) is 4.79 Å². The molecular formula is C29H40N6O3. The maximum Gasteiger partial charge on any atom is 0.339 e. The van der Waals surface area contributed by atoms with Gasteiger partial charge in [-0.25, -0.2) is 10.2 Å². The lowest BCUT2D eigenvalue weighted by molar-refractivity contribution is 0.225. The summed E-state index contributed by atoms with van der Waals surface area (Å²) >= 11 is 0. The van der Waals surface area contributed by atoms with E-state index in [1.807, 2.05) is 18.2 Å². The Bertz CT molecular complexity index is 1160. The van der Waals surface area contributed by atoms with Gasteiger partial charge in [0.2, 0.25) is 0 Å². The second-order valence-corrected chi connectivity index (χ2v) is 10.8. The van der Waals surface area contributed by atoms with Crippen molar-refractivity contribution in [3.05, 3.63) is 48.0 Å². The molecule has 5 rings (SSSR count). The number of hydrazone groups is 1. The van der Waals surface area contributed by atoms with Crippen molar-refractivity contribution in [1.82, 2.24) is 15.2 Å². The van der Waals surface area contributed by atoms with Gasteiger partial charge in [0, 0.05) is 61.1 Å². The first kappa shape index (κ1) is 26.3. The maximum atomic E-state index is 12.6. The summed E-state index contributed by atoms with van der Waals surface area (Å²) in [5.41, 5.74) is 7.03. The molecule has 2 heterocycles. The number of likely N-dealkylation sites (tertiary alicyclic amines) is 1. The zero-order valence-corrected chi connectivity index (χ0v) is 23.0. The number of carbonyl (C=O) groups is 1. The minimum atomic E-state index is -0.318. The van der Waals surface area contributed by atoms with Gasteiger partial charge in [0.1, 0.15) is 0 Å². The number of rotatable bonds is 6. The number of hydrogen-bond donors (Lipinski definition) is 2. The molecule has 3 aliphatic rings. The van der Waals surface area contributed by atoms with Gasteiger partial charge in [-0.15, -0.1) is 0 Å². The van der Waals surface area contributed by atoms with Crippen LogP contribution in [0, 0.1) is 0 Å². The predicted molar refractivity (Wildman–Crippen MR) is 152 cm³/mol. The quantitative estimate of drug-likeness (QED) is 0.565. The van der Waals surface area contributed by atoms with E-state index in [4.69, 9.17) is 9.47 Å². The summed E-state index contributed by atoms with van der Waals surface area (Å²) in [7, 11) is 7.68. The van der Waals surface area contributed by atoms with E-state index >= 15 is 0 Å². The Balaban J connectivity index is 1.20. The van der Waals surface area contributed by atoms with Gasteiger partial charge in [-0.1, -0.05) is 6.07 Å². The zero-order valence-electron chi connectivity index (χ0n) is 23.0. The summed E-state index contributed by atoms with van der Waals surface area (Å²) in [6.07, 6.45) is 3.74. The molecule has 0 bridgehead atoms. The molecule has 2 N–H and O–H groups in total. The van der Waals surface area contributed by atoms with Gasteiger partial charge in [-0.3, -0.25) is 0 Å². The Morgan fingerprint density at radius 3 is 2.39 bits per heavy atom. The van der Waals surface area contributed by atoms with Gasteiger partial charge in [0.25, 0.3) is 0 Å². The van der Waals surface area contributed by atoms with Crippen LogP contribution in [0.1, 0.15) is 31.2 Å². The number of ether oxygens (including phenoxy) is 2. The molecule has 2 saturated heterocycles. The molecule has 204 valence electrons. The summed E-state index contributed by atoms with van der Waals surface area (Å²) in [5, 5.41) is 7.44. The number of nitrogens with zero attached hydrogens (tertiary/aromatic N) is 4. The molecule has 1 aliphatic carbocycles.